The topological polar surface area (TPSA) is 95.1 Å². The number of ether oxygens (including phenoxy) is 2. The summed E-state index contributed by atoms with van der Waals surface area (Å²) in [4.78, 5) is 12.6. The number of benzene rings is 2. The molecule has 1 aliphatic carbocycles. The maximum atomic E-state index is 12.6. The molecule has 0 heterocycles. The molecule has 1 N–H and O–H groups in total. The van der Waals surface area contributed by atoms with Gasteiger partial charge >= 0.3 is 0 Å². The summed E-state index contributed by atoms with van der Waals surface area (Å²) >= 11 is 0. The first kappa shape index (κ1) is 22.9. The lowest BCUT2D eigenvalue weighted by Crippen LogP contribution is -2.36. The van der Waals surface area contributed by atoms with E-state index in [1.807, 2.05) is 31.2 Å². The number of nitrogens with zero attached hydrogens (tertiary/aromatic N) is 2. The van der Waals surface area contributed by atoms with Gasteiger partial charge in [0.05, 0.1) is 18.2 Å². The monoisotopic (exact) mass is 429 g/mol. The third-order valence-corrected chi connectivity index (χ3v) is 5.41. The van der Waals surface area contributed by atoms with Crippen molar-refractivity contribution in [2.45, 2.75) is 51.7 Å². The molecule has 1 saturated carbocycles. The smallest absolute Gasteiger partial charge is 0.262 e. The van der Waals surface area contributed by atoms with E-state index in [1.165, 1.54) is 6.42 Å². The van der Waals surface area contributed by atoms with Crippen molar-refractivity contribution in [1.82, 2.24) is 5.32 Å². The second-order valence-corrected chi connectivity index (χ2v) is 7.68. The fourth-order valence-electron chi connectivity index (χ4n) is 3.74. The van der Waals surface area contributed by atoms with E-state index in [9.17, 15) is 15.3 Å². The first-order valence-corrected chi connectivity index (χ1v) is 10.9. The maximum Gasteiger partial charge on any atom is 0.262 e. The molecule has 0 unspecified atom stereocenters. The normalized spacial score (nSPS) is 14.2. The Morgan fingerprint density at radius 2 is 1.88 bits per heavy atom. The lowest BCUT2D eigenvalue weighted by Gasteiger charge is -2.22. The minimum atomic E-state index is -0.342. The molecule has 0 atom stereocenters. The average molecular weight is 430 g/mol. The van der Waals surface area contributed by atoms with Crippen molar-refractivity contribution in [2.24, 2.45) is 0 Å². The van der Waals surface area contributed by atoms with Gasteiger partial charge in [0.15, 0.2) is 11.5 Å². The number of rotatable bonds is 8. The van der Waals surface area contributed by atoms with Gasteiger partial charge in [-0.2, -0.15) is 10.5 Å². The minimum Gasteiger partial charge on any atom is -0.490 e. The summed E-state index contributed by atoms with van der Waals surface area (Å²) in [6, 6.07) is 16.9. The van der Waals surface area contributed by atoms with Gasteiger partial charge in [-0.25, -0.2) is 0 Å². The molecule has 2 aromatic rings. The van der Waals surface area contributed by atoms with E-state index in [0.717, 1.165) is 31.2 Å². The minimum absolute atomic E-state index is 0.0645. The van der Waals surface area contributed by atoms with Crippen LogP contribution in [-0.4, -0.2) is 18.6 Å². The Balaban J connectivity index is 1.75. The molecule has 3 rings (SSSR count). The number of hydrogen-bond donors (Lipinski definition) is 1. The van der Waals surface area contributed by atoms with E-state index < -0.39 is 0 Å². The Kier molecular flexibility index (Phi) is 8.29. The van der Waals surface area contributed by atoms with Gasteiger partial charge < -0.3 is 14.8 Å². The fourth-order valence-corrected chi connectivity index (χ4v) is 3.74. The molecule has 1 amide bonds. The molecule has 0 radical (unpaired) electrons. The Labute approximate surface area is 189 Å². The third kappa shape index (κ3) is 6.12. The molecule has 0 aromatic heterocycles. The van der Waals surface area contributed by atoms with Crippen molar-refractivity contribution in [3.05, 3.63) is 64.7 Å². The van der Waals surface area contributed by atoms with Gasteiger partial charge in [-0.05, 0) is 49.6 Å². The predicted molar refractivity (Wildman–Crippen MR) is 122 cm³/mol. The zero-order valence-corrected chi connectivity index (χ0v) is 18.3. The standard InChI is InChI=1S/C26H27N3O3/c1-2-31-25-15-19(14-22(17-28)26(30)29-23-10-4-3-5-11-23)12-13-24(25)32-18-21-9-7-6-8-20(21)16-27/h6-9,12-15,23H,2-5,10-11,18H2,1H3,(H,29,30)/b22-14+. The Bertz CT molecular complexity index is 1060. The highest BCUT2D eigenvalue weighted by atomic mass is 16.5. The van der Waals surface area contributed by atoms with Crippen LogP contribution in [0.25, 0.3) is 6.08 Å². The second-order valence-electron chi connectivity index (χ2n) is 7.68. The van der Waals surface area contributed by atoms with E-state index in [-0.39, 0.29) is 24.1 Å². The lowest BCUT2D eigenvalue weighted by molar-refractivity contribution is -0.117. The number of carbonyl (C=O) groups is 1. The van der Waals surface area contributed by atoms with Crippen LogP contribution < -0.4 is 14.8 Å². The van der Waals surface area contributed by atoms with Crippen molar-refractivity contribution < 1.29 is 14.3 Å². The lowest BCUT2D eigenvalue weighted by atomic mass is 9.95. The second kappa shape index (κ2) is 11.6. The quantitative estimate of drug-likeness (QED) is 0.476. The molecule has 164 valence electrons. The SMILES string of the molecule is CCOc1cc(/C=C(\C#N)C(=O)NC2CCCCC2)ccc1OCc1ccccc1C#N. The van der Waals surface area contributed by atoms with Gasteiger partial charge in [0.1, 0.15) is 18.2 Å². The molecule has 0 saturated heterocycles. The van der Waals surface area contributed by atoms with Crippen molar-refractivity contribution in [3.8, 4) is 23.6 Å². The number of carbonyl (C=O) groups excluding carboxylic acids is 1. The van der Waals surface area contributed by atoms with Crippen molar-refractivity contribution in [2.75, 3.05) is 6.61 Å². The highest BCUT2D eigenvalue weighted by Crippen LogP contribution is 2.30. The van der Waals surface area contributed by atoms with Crippen LogP contribution in [0, 0.1) is 22.7 Å². The van der Waals surface area contributed by atoms with Crippen LogP contribution in [0.1, 0.15) is 55.7 Å². The molecule has 1 fully saturated rings. The van der Waals surface area contributed by atoms with Crippen LogP contribution in [0.3, 0.4) is 0 Å². The fraction of sp³-hybridized carbons (Fsp3) is 0.346. The van der Waals surface area contributed by atoms with Crippen molar-refractivity contribution in [1.29, 1.82) is 10.5 Å². The largest absolute Gasteiger partial charge is 0.490 e. The molecule has 0 spiro atoms. The Morgan fingerprint density at radius 1 is 1.09 bits per heavy atom. The van der Waals surface area contributed by atoms with E-state index in [2.05, 4.69) is 11.4 Å². The van der Waals surface area contributed by atoms with Crippen LogP contribution >= 0.6 is 0 Å². The Morgan fingerprint density at radius 3 is 2.59 bits per heavy atom. The maximum absolute atomic E-state index is 12.6. The third-order valence-electron chi connectivity index (χ3n) is 5.41. The van der Waals surface area contributed by atoms with Crippen LogP contribution in [0.15, 0.2) is 48.0 Å². The summed E-state index contributed by atoms with van der Waals surface area (Å²) in [5, 5.41) is 21.7. The van der Waals surface area contributed by atoms with Gasteiger partial charge in [0, 0.05) is 11.6 Å². The van der Waals surface area contributed by atoms with Gasteiger partial charge in [0.2, 0.25) is 0 Å². The van der Waals surface area contributed by atoms with Gasteiger partial charge in [-0.15, -0.1) is 0 Å². The molecule has 2 aromatic carbocycles. The van der Waals surface area contributed by atoms with Crippen LogP contribution in [-0.2, 0) is 11.4 Å². The molecule has 0 aliphatic heterocycles. The average Bonchev–Trinajstić information content (AvgIpc) is 2.83. The number of nitriles is 2. The summed E-state index contributed by atoms with van der Waals surface area (Å²) in [6.45, 7) is 2.54. The highest BCUT2D eigenvalue weighted by Gasteiger charge is 2.18. The molecule has 32 heavy (non-hydrogen) atoms. The summed E-state index contributed by atoms with van der Waals surface area (Å²) in [5.74, 6) is 0.702. The summed E-state index contributed by atoms with van der Waals surface area (Å²) < 4.78 is 11.6. The summed E-state index contributed by atoms with van der Waals surface area (Å²) in [7, 11) is 0. The first-order chi connectivity index (χ1) is 15.6. The van der Waals surface area contributed by atoms with Crippen molar-refractivity contribution >= 4 is 12.0 Å². The molecule has 1 aliphatic rings. The molecule has 6 heteroatoms. The molecular formula is C26H27N3O3. The van der Waals surface area contributed by atoms with E-state index in [1.54, 1.807) is 30.3 Å². The van der Waals surface area contributed by atoms with Crippen LogP contribution in [0.2, 0.25) is 0 Å². The van der Waals surface area contributed by atoms with Gasteiger partial charge in [0.25, 0.3) is 5.91 Å². The highest BCUT2D eigenvalue weighted by molar-refractivity contribution is 6.01. The predicted octanol–water partition coefficient (Wildman–Crippen LogP) is 4.89. The molecule has 0 bridgehead atoms. The number of amides is 1. The zero-order chi connectivity index (χ0) is 22.8. The van der Waals surface area contributed by atoms with Gasteiger partial charge in [-0.1, -0.05) is 43.5 Å². The Hall–Kier alpha value is -3.77. The van der Waals surface area contributed by atoms with E-state index in [4.69, 9.17) is 9.47 Å². The number of hydrogen-bond acceptors (Lipinski definition) is 5. The van der Waals surface area contributed by atoms with Crippen LogP contribution in [0.5, 0.6) is 11.5 Å². The number of nitrogens with one attached hydrogen (secondary N) is 1. The van der Waals surface area contributed by atoms with Gasteiger partial charge in [-0.3, -0.25) is 4.79 Å². The molecular weight excluding hydrogens is 402 g/mol. The molecule has 6 nitrogen and oxygen atoms in total. The van der Waals surface area contributed by atoms with Crippen molar-refractivity contribution in [3.63, 3.8) is 0 Å². The van der Waals surface area contributed by atoms with E-state index in [0.29, 0.717) is 29.2 Å². The van der Waals surface area contributed by atoms with E-state index >= 15 is 0 Å². The first-order valence-electron chi connectivity index (χ1n) is 10.9. The van der Waals surface area contributed by atoms with Crippen LogP contribution in [0.4, 0.5) is 0 Å². The summed E-state index contributed by atoms with van der Waals surface area (Å²) in [5.41, 5.74) is 2.09. The summed E-state index contributed by atoms with van der Waals surface area (Å²) in [6.07, 6.45) is 6.89. The zero-order valence-electron chi connectivity index (χ0n) is 18.3.